The lowest BCUT2D eigenvalue weighted by Crippen LogP contribution is -2.43. The van der Waals surface area contributed by atoms with Crippen LogP contribution >= 0.6 is 50.9 Å². The molecular weight excluding hydrogens is 580 g/mol. The Morgan fingerprint density at radius 2 is 1.73 bits per heavy atom. The summed E-state index contributed by atoms with van der Waals surface area (Å²) < 4.78 is 2.09. The quantitative estimate of drug-likeness (QED) is 0.451. The molecule has 0 spiro atoms. The van der Waals surface area contributed by atoms with E-state index in [1.807, 2.05) is 25.2 Å². The molecule has 0 unspecified atom stereocenters. The maximum Gasteiger partial charge on any atom is 0.303 e. The first-order chi connectivity index (χ1) is 13.1. The second-order valence-electron chi connectivity index (χ2n) is 7.00. The average Bonchev–Trinajstić information content (AvgIpc) is 3.03. The summed E-state index contributed by atoms with van der Waals surface area (Å²) in [6, 6.07) is 14.6. The van der Waals surface area contributed by atoms with Crippen LogP contribution in [0, 0.1) is 0 Å². The van der Waals surface area contributed by atoms with Crippen LogP contribution in [-0.4, -0.2) is 46.8 Å². The van der Waals surface area contributed by atoms with E-state index >= 15 is 0 Å². The number of halogens is 3. The molecule has 1 fully saturated rings. The number of nitrogens with one attached hydrogen (secondary N) is 1. The summed E-state index contributed by atoms with van der Waals surface area (Å²) in [5, 5.41) is 12.3. The van der Waals surface area contributed by atoms with E-state index in [0.29, 0.717) is 6.42 Å². The SMILES string of the molecule is Br.Br.Br.Cn1c(-c2ccc(N3CCNCC3)cc2)nc2cc(CCC(=O)O)ccc21. The molecule has 0 aliphatic carbocycles. The van der Waals surface area contributed by atoms with Gasteiger partial charge in [0.1, 0.15) is 5.82 Å². The normalized spacial score (nSPS) is 13.2. The van der Waals surface area contributed by atoms with E-state index in [9.17, 15) is 4.79 Å². The van der Waals surface area contributed by atoms with Crippen molar-refractivity contribution in [3.63, 3.8) is 0 Å². The number of hydrogen-bond acceptors (Lipinski definition) is 4. The third-order valence-corrected chi connectivity index (χ3v) is 5.18. The van der Waals surface area contributed by atoms with E-state index in [4.69, 9.17) is 10.1 Å². The summed E-state index contributed by atoms with van der Waals surface area (Å²) in [7, 11) is 2.02. The predicted molar refractivity (Wildman–Crippen MR) is 138 cm³/mol. The van der Waals surface area contributed by atoms with Crippen molar-refractivity contribution in [1.82, 2.24) is 14.9 Å². The van der Waals surface area contributed by atoms with Gasteiger partial charge in [0.15, 0.2) is 0 Å². The van der Waals surface area contributed by atoms with Crippen LogP contribution in [0.25, 0.3) is 22.4 Å². The summed E-state index contributed by atoms with van der Waals surface area (Å²) >= 11 is 0. The zero-order chi connectivity index (χ0) is 18.8. The predicted octanol–water partition coefficient (Wildman–Crippen LogP) is 4.40. The van der Waals surface area contributed by atoms with E-state index in [1.165, 1.54) is 5.69 Å². The molecule has 1 aliphatic rings. The van der Waals surface area contributed by atoms with Gasteiger partial charge in [0.05, 0.1) is 11.0 Å². The number of aliphatic carboxylic acids is 1. The van der Waals surface area contributed by atoms with Crippen molar-refractivity contribution in [2.45, 2.75) is 12.8 Å². The smallest absolute Gasteiger partial charge is 0.303 e. The number of imidazole rings is 1. The van der Waals surface area contributed by atoms with Crippen molar-refractivity contribution >= 4 is 73.6 Å². The highest BCUT2D eigenvalue weighted by Crippen LogP contribution is 2.27. The van der Waals surface area contributed by atoms with Crippen LogP contribution in [0.4, 0.5) is 5.69 Å². The lowest BCUT2D eigenvalue weighted by Gasteiger charge is -2.29. The zero-order valence-electron chi connectivity index (χ0n) is 16.7. The summed E-state index contributed by atoms with van der Waals surface area (Å²) in [5.41, 5.74) is 5.29. The lowest BCUT2D eigenvalue weighted by molar-refractivity contribution is -0.136. The van der Waals surface area contributed by atoms with Gasteiger partial charge in [-0.15, -0.1) is 50.9 Å². The van der Waals surface area contributed by atoms with Gasteiger partial charge in [-0.1, -0.05) is 6.07 Å². The average molecular weight is 607 g/mol. The molecule has 2 N–H and O–H groups in total. The minimum absolute atomic E-state index is 0. The molecule has 2 heterocycles. The van der Waals surface area contributed by atoms with Crippen molar-refractivity contribution in [2.75, 3.05) is 31.1 Å². The van der Waals surface area contributed by atoms with Gasteiger partial charge in [0, 0.05) is 50.9 Å². The summed E-state index contributed by atoms with van der Waals surface area (Å²) in [6.07, 6.45) is 0.662. The van der Waals surface area contributed by atoms with Crippen LogP contribution in [0.1, 0.15) is 12.0 Å². The highest BCUT2D eigenvalue weighted by Gasteiger charge is 2.13. The monoisotopic (exact) mass is 604 g/mol. The molecule has 6 nitrogen and oxygen atoms in total. The highest BCUT2D eigenvalue weighted by molar-refractivity contribution is 8.93. The van der Waals surface area contributed by atoms with E-state index in [0.717, 1.165) is 54.2 Å². The number of anilines is 1. The number of carbonyl (C=O) groups is 1. The summed E-state index contributed by atoms with van der Waals surface area (Å²) in [4.78, 5) is 18.0. The molecule has 30 heavy (non-hydrogen) atoms. The fourth-order valence-corrected chi connectivity index (χ4v) is 3.65. The van der Waals surface area contributed by atoms with Crippen LogP contribution < -0.4 is 10.2 Å². The Balaban J connectivity index is 0.00000150. The Bertz CT molecular complexity index is 970. The maximum absolute atomic E-state index is 10.8. The van der Waals surface area contributed by atoms with E-state index in [2.05, 4.69) is 39.0 Å². The number of hydrogen-bond donors (Lipinski definition) is 2. The molecule has 0 bridgehead atoms. The molecule has 164 valence electrons. The summed E-state index contributed by atoms with van der Waals surface area (Å²) in [5.74, 6) is 0.147. The molecule has 0 amide bonds. The van der Waals surface area contributed by atoms with Gasteiger partial charge < -0.3 is 19.9 Å². The summed E-state index contributed by atoms with van der Waals surface area (Å²) in [6.45, 7) is 4.11. The molecule has 3 aromatic rings. The number of aryl methyl sites for hydroxylation is 2. The van der Waals surface area contributed by atoms with Crippen molar-refractivity contribution in [3.05, 3.63) is 48.0 Å². The third kappa shape index (κ3) is 5.84. The minimum Gasteiger partial charge on any atom is -0.481 e. The van der Waals surface area contributed by atoms with Gasteiger partial charge in [-0.3, -0.25) is 4.79 Å². The molecule has 1 saturated heterocycles. The fourth-order valence-electron chi connectivity index (χ4n) is 3.65. The number of aromatic nitrogens is 2. The molecular formula is C21H27Br3N4O2. The highest BCUT2D eigenvalue weighted by atomic mass is 79.9. The van der Waals surface area contributed by atoms with Crippen LogP contribution in [0.2, 0.25) is 0 Å². The largest absolute Gasteiger partial charge is 0.481 e. The minimum atomic E-state index is -0.776. The van der Waals surface area contributed by atoms with Crippen LogP contribution in [0.5, 0.6) is 0 Å². The molecule has 1 aromatic heterocycles. The molecule has 0 atom stereocenters. The van der Waals surface area contributed by atoms with Crippen molar-refractivity contribution < 1.29 is 9.90 Å². The third-order valence-electron chi connectivity index (χ3n) is 5.18. The van der Waals surface area contributed by atoms with Gasteiger partial charge in [-0.2, -0.15) is 0 Å². The van der Waals surface area contributed by atoms with Crippen molar-refractivity contribution in [2.24, 2.45) is 7.05 Å². The second-order valence-corrected chi connectivity index (χ2v) is 7.00. The van der Waals surface area contributed by atoms with Gasteiger partial charge >= 0.3 is 5.97 Å². The Hall–Kier alpha value is -1.42. The molecule has 2 aromatic carbocycles. The van der Waals surface area contributed by atoms with E-state index < -0.39 is 5.97 Å². The number of carboxylic acid groups (broad SMARTS) is 1. The van der Waals surface area contributed by atoms with Crippen LogP contribution in [-0.2, 0) is 18.3 Å². The number of benzene rings is 2. The van der Waals surface area contributed by atoms with Gasteiger partial charge in [0.25, 0.3) is 0 Å². The first kappa shape index (κ1) is 26.6. The van der Waals surface area contributed by atoms with Crippen molar-refractivity contribution in [3.8, 4) is 11.4 Å². The Labute approximate surface area is 208 Å². The van der Waals surface area contributed by atoms with Crippen LogP contribution in [0.15, 0.2) is 42.5 Å². The van der Waals surface area contributed by atoms with Gasteiger partial charge in [-0.05, 0) is 48.4 Å². The first-order valence-electron chi connectivity index (χ1n) is 9.35. The van der Waals surface area contributed by atoms with Gasteiger partial charge in [-0.25, -0.2) is 4.98 Å². The number of fused-ring (bicyclic) bond motifs is 1. The first-order valence-corrected chi connectivity index (χ1v) is 9.35. The Morgan fingerprint density at radius 3 is 2.37 bits per heavy atom. The Morgan fingerprint density at radius 1 is 1.07 bits per heavy atom. The van der Waals surface area contributed by atoms with E-state index in [1.54, 1.807) is 0 Å². The van der Waals surface area contributed by atoms with Crippen molar-refractivity contribution in [1.29, 1.82) is 0 Å². The molecule has 4 rings (SSSR count). The molecule has 0 saturated carbocycles. The number of piperazine rings is 1. The number of rotatable bonds is 5. The number of carboxylic acids is 1. The van der Waals surface area contributed by atoms with Gasteiger partial charge in [0.2, 0.25) is 0 Å². The second kappa shape index (κ2) is 11.8. The number of nitrogens with zero attached hydrogens (tertiary/aromatic N) is 3. The fraction of sp³-hybridized carbons (Fsp3) is 0.333. The molecule has 9 heteroatoms. The topological polar surface area (TPSA) is 70.4 Å². The standard InChI is InChI=1S/C21H24N4O2.3BrH/c1-24-19-8-2-15(3-9-20(26)27)14-18(19)23-21(24)16-4-6-17(7-5-16)25-12-10-22-11-13-25;;;/h2,4-8,14,22H,3,9-13H2,1H3,(H,26,27);3*1H. The maximum atomic E-state index is 10.8. The Kier molecular flexibility index (Phi) is 10.5. The molecule has 0 radical (unpaired) electrons. The van der Waals surface area contributed by atoms with Crippen LogP contribution in [0.3, 0.4) is 0 Å². The zero-order valence-corrected chi connectivity index (χ0v) is 21.8. The molecule has 1 aliphatic heterocycles. The lowest BCUT2D eigenvalue weighted by atomic mass is 10.1. The van der Waals surface area contributed by atoms with E-state index in [-0.39, 0.29) is 57.4 Å².